The van der Waals surface area contributed by atoms with Gasteiger partial charge < -0.3 is 19.3 Å². The second kappa shape index (κ2) is 11.0. The molecule has 1 aromatic heterocycles. The number of hydrogen-bond donors (Lipinski definition) is 0. The number of thioether (sulfide) groups is 1. The number of morpholine rings is 2. The quantitative estimate of drug-likeness (QED) is 0.483. The zero-order valence-corrected chi connectivity index (χ0v) is 19.9. The third kappa shape index (κ3) is 5.27. The van der Waals surface area contributed by atoms with Crippen LogP contribution >= 0.6 is 11.8 Å². The molecule has 3 aromatic rings. The van der Waals surface area contributed by atoms with Crippen LogP contribution < -0.4 is 4.90 Å². The number of ether oxygens (including phenoxy) is 2. The van der Waals surface area contributed by atoms with Gasteiger partial charge >= 0.3 is 0 Å². The van der Waals surface area contributed by atoms with E-state index in [9.17, 15) is 4.79 Å². The molecule has 2 aliphatic heterocycles. The summed E-state index contributed by atoms with van der Waals surface area (Å²) in [6.45, 7) is 5.88. The summed E-state index contributed by atoms with van der Waals surface area (Å²) in [7, 11) is 0. The lowest BCUT2D eigenvalue weighted by Crippen LogP contribution is -2.42. The number of carbonyl (C=O) groups excluding carboxylic acids is 1. The van der Waals surface area contributed by atoms with Gasteiger partial charge in [-0.15, -0.1) is 10.2 Å². The van der Waals surface area contributed by atoms with Gasteiger partial charge in [-0.05, 0) is 11.1 Å². The van der Waals surface area contributed by atoms with Crippen LogP contribution in [0.15, 0.2) is 65.8 Å². The van der Waals surface area contributed by atoms with Crippen molar-refractivity contribution in [1.82, 2.24) is 19.7 Å². The van der Waals surface area contributed by atoms with Gasteiger partial charge in [-0.2, -0.15) is 0 Å². The van der Waals surface area contributed by atoms with E-state index in [1.807, 2.05) is 53.4 Å². The molecule has 1 amide bonds. The molecule has 2 aliphatic rings. The molecule has 5 rings (SSSR count). The monoisotopic (exact) mass is 479 g/mol. The maximum Gasteiger partial charge on any atom is 0.240 e. The highest BCUT2D eigenvalue weighted by molar-refractivity contribution is 8.00. The third-order valence-corrected chi connectivity index (χ3v) is 7.27. The first-order valence-electron chi connectivity index (χ1n) is 11.7. The van der Waals surface area contributed by atoms with E-state index in [0.717, 1.165) is 35.3 Å². The molecule has 178 valence electrons. The van der Waals surface area contributed by atoms with Crippen LogP contribution in [0, 0.1) is 0 Å². The van der Waals surface area contributed by atoms with Crippen LogP contribution in [0.2, 0.25) is 0 Å². The molecule has 0 radical (unpaired) electrons. The predicted octanol–water partition coefficient (Wildman–Crippen LogP) is 2.86. The van der Waals surface area contributed by atoms with Crippen LogP contribution in [0.25, 0.3) is 0 Å². The molecule has 1 atom stereocenters. The highest BCUT2D eigenvalue weighted by Crippen LogP contribution is 2.37. The summed E-state index contributed by atoms with van der Waals surface area (Å²) in [5.41, 5.74) is 2.13. The minimum Gasteiger partial charge on any atom is -0.378 e. The van der Waals surface area contributed by atoms with Crippen LogP contribution in [-0.4, -0.2) is 78.2 Å². The number of benzene rings is 2. The number of anilines is 1. The molecule has 34 heavy (non-hydrogen) atoms. The van der Waals surface area contributed by atoms with Crippen molar-refractivity contribution in [2.24, 2.45) is 0 Å². The number of aromatic nitrogens is 3. The molecule has 9 heteroatoms. The van der Waals surface area contributed by atoms with Crippen molar-refractivity contribution in [3.8, 4) is 0 Å². The molecule has 2 aromatic carbocycles. The van der Waals surface area contributed by atoms with Gasteiger partial charge in [0, 0.05) is 26.2 Å². The maximum atomic E-state index is 13.6. The molecule has 8 nitrogen and oxygen atoms in total. The number of hydrogen-bond acceptors (Lipinski definition) is 7. The second-order valence-corrected chi connectivity index (χ2v) is 9.37. The first-order valence-corrected chi connectivity index (χ1v) is 12.6. The van der Waals surface area contributed by atoms with Crippen LogP contribution in [-0.2, 0) is 20.8 Å². The molecule has 2 saturated heterocycles. The molecule has 2 fully saturated rings. The first-order chi connectivity index (χ1) is 16.8. The van der Waals surface area contributed by atoms with Crippen molar-refractivity contribution in [2.75, 3.05) is 57.5 Å². The van der Waals surface area contributed by atoms with E-state index in [1.165, 1.54) is 11.8 Å². The van der Waals surface area contributed by atoms with Crippen molar-refractivity contribution >= 4 is 23.6 Å². The normalized spacial score (nSPS) is 17.5. The smallest absolute Gasteiger partial charge is 0.240 e. The molecule has 0 saturated carbocycles. The average molecular weight is 480 g/mol. The van der Waals surface area contributed by atoms with Crippen molar-refractivity contribution < 1.29 is 14.3 Å². The Morgan fingerprint density at radius 3 is 2.15 bits per heavy atom. The number of carbonyl (C=O) groups is 1. The van der Waals surface area contributed by atoms with E-state index in [0.29, 0.717) is 46.1 Å². The summed E-state index contributed by atoms with van der Waals surface area (Å²) in [4.78, 5) is 17.8. The lowest BCUT2D eigenvalue weighted by molar-refractivity contribution is -0.134. The highest BCUT2D eigenvalue weighted by Gasteiger charge is 2.31. The lowest BCUT2D eigenvalue weighted by atomic mass is 10.1. The minimum atomic E-state index is -0.407. The van der Waals surface area contributed by atoms with E-state index >= 15 is 0 Å². The molecule has 0 spiro atoms. The highest BCUT2D eigenvalue weighted by atomic mass is 32.2. The Morgan fingerprint density at radius 2 is 1.47 bits per heavy atom. The van der Waals surface area contributed by atoms with E-state index in [4.69, 9.17) is 9.47 Å². The number of amides is 1. The topological polar surface area (TPSA) is 72.7 Å². The largest absolute Gasteiger partial charge is 0.378 e. The molecule has 3 heterocycles. The van der Waals surface area contributed by atoms with E-state index < -0.39 is 5.25 Å². The molecule has 0 unspecified atom stereocenters. The molecular formula is C25H29N5O3S. The standard InChI is InChI=1S/C25H29N5O3S/c31-23(28-11-15-32-16-12-28)22(21-9-5-2-6-10-21)34-25-27-26-24(29-13-17-33-18-14-29)30(25)19-20-7-3-1-4-8-20/h1-10,22H,11-19H2/t22-/m1/s1. The van der Waals surface area contributed by atoms with E-state index in [1.54, 1.807) is 0 Å². The number of nitrogens with zero attached hydrogens (tertiary/aromatic N) is 5. The Bertz CT molecular complexity index is 1070. The van der Waals surface area contributed by atoms with Gasteiger partial charge in [0.25, 0.3) is 0 Å². The Hall–Kier alpha value is -2.88. The minimum absolute atomic E-state index is 0.0849. The van der Waals surface area contributed by atoms with Crippen LogP contribution in [0.5, 0.6) is 0 Å². The first kappa shape index (κ1) is 22.9. The van der Waals surface area contributed by atoms with Crippen molar-refractivity contribution in [1.29, 1.82) is 0 Å². The maximum absolute atomic E-state index is 13.6. The molecule has 0 bridgehead atoms. The van der Waals surface area contributed by atoms with E-state index in [-0.39, 0.29) is 5.91 Å². The van der Waals surface area contributed by atoms with Gasteiger partial charge in [0.1, 0.15) is 5.25 Å². The Morgan fingerprint density at radius 1 is 0.853 bits per heavy atom. The summed E-state index contributed by atoms with van der Waals surface area (Å²) in [5, 5.41) is 9.48. The summed E-state index contributed by atoms with van der Waals surface area (Å²) >= 11 is 1.47. The van der Waals surface area contributed by atoms with Crippen LogP contribution in [0.1, 0.15) is 16.4 Å². The van der Waals surface area contributed by atoms with Crippen molar-refractivity contribution in [2.45, 2.75) is 17.0 Å². The zero-order chi connectivity index (χ0) is 23.2. The fraction of sp³-hybridized carbons (Fsp3) is 0.400. The van der Waals surface area contributed by atoms with Crippen molar-refractivity contribution in [3.63, 3.8) is 0 Å². The average Bonchev–Trinajstić information content (AvgIpc) is 3.31. The van der Waals surface area contributed by atoms with Gasteiger partial charge in [0.15, 0.2) is 5.16 Å². The number of rotatable bonds is 7. The molecule has 0 N–H and O–H groups in total. The Kier molecular flexibility index (Phi) is 7.43. The fourth-order valence-electron chi connectivity index (χ4n) is 4.21. The molecule has 0 aliphatic carbocycles. The fourth-order valence-corrected chi connectivity index (χ4v) is 5.33. The Balaban J connectivity index is 1.48. The summed E-state index contributed by atoms with van der Waals surface area (Å²) in [5.74, 6) is 0.905. The molecular weight excluding hydrogens is 450 g/mol. The predicted molar refractivity (Wildman–Crippen MR) is 131 cm³/mol. The SMILES string of the molecule is O=C([C@H](Sc1nnc(N2CCOCC2)n1Cc1ccccc1)c1ccccc1)N1CCOCC1. The summed E-state index contributed by atoms with van der Waals surface area (Å²) in [6.07, 6.45) is 0. The second-order valence-electron chi connectivity index (χ2n) is 8.30. The van der Waals surface area contributed by atoms with Gasteiger partial charge in [0.05, 0.1) is 33.0 Å². The van der Waals surface area contributed by atoms with Gasteiger partial charge in [-0.3, -0.25) is 9.36 Å². The summed E-state index contributed by atoms with van der Waals surface area (Å²) < 4.78 is 13.1. The van der Waals surface area contributed by atoms with Crippen LogP contribution in [0.4, 0.5) is 5.95 Å². The van der Waals surface area contributed by atoms with Crippen molar-refractivity contribution in [3.05, 3.63) is 71.8 Å². The van der Waals surface area contributed by atoms with Gasteiger partial charge in [-0.25, -0.2) is 0 Å². The zero-order valence-electron chi connectivity index (χ0n) is 19.1. The van der Waals surface area contributed by atoms with E-state index in [2.05, 4.69) is 31.8 Å². The Labute approximate surface area is 203 Å². The summed E-state index contributed by atoms with van der Waals surface area (Å²) in [6, 6.07) is 20.2. The van der Waals surface area contributed by atoms with Gasteiger partial charge in [0.2, 0.25) is 11.9 Å². The van der Waals surface area contributed by atoms with Gasteiger partial charge in [-0.1, -0.05) is 72.4 Å². The third-order valence-electron chi connectivity index (χ3n) is 6.05. The lowest BCUT2D eigenvalue weighted by Gasteiger charge is -2.30. The van der Waals surface area contributed by atoms with Crippen LogP contribution in [0.3, 0.4) is 0 Å².